The number of nitrogens with zero attached hydrogens (tertiary/aromatic N) is 1. The minimum Gasteiger partial charge on any atom is -0.338 e. The maximum Gasteiger partial charge on any atom is 0.254 e. The van der Waals surface area contributed by atoms with Gasteiger partial charge < -0.3 is 4.90 Å². The standard InChI is InChI=1S/C18H20N2O4S/c1-25(23,24)19-17(21)14-8-5-11-20(12-14)18(22)16-10-4-7-13-6-2-3-9-15(13)16/h2-4,6-7,9-10,14H,5,8,11-12H2,1H3,(H,19,21). The number of rotatable bonds is 3. The van der Waals surface area contributed by atoms with Gasteiger partial charge in [-0.15, -0.1) is 0 Å². The number of piperidine rings is 1. The molecule has 0 aromatic heterocycles. The Morgan fingerprint density at radius 1 is 1.12 bits per heavy atom. The summed E-state index contributed by atoms with van der Waals surface area (Å²) in [6.07, 6.45) is 2.19. The number of carbonyl (C=O) groups excluding carboxylic acids is 2. The Labute approximate surface area is 146 Å². The molecule has 7 heteroatoms. The molecule has 1 saturated heterocycles. The van der Waals surface area contributed by atoms with Crippen LogP contribution in [0.3, 0.4) is 0 Å². The number of amides is 2. The highest BCUT2D eigenvalue weighted by Gasteiger charge is 2.30. The third-order valence-electron chi connectivity index (χ3n) is 4.39. The molecule has 1 unspecified atom stereocenters. The fraction of sp³-hybridized carbons (Fsp3) is 0.333. The topological polar surface area (TPSA) is 83.6 Å². The van der Waals surface area contributed by atoms with E-state index in [1.165, 1.54) is 0 Å². The highest BCUT2D eigenvalue weighted by atomic mass is 32.2. The summed E-state index contributed by atoms with van der Waals surface area (Å²) in [6.45, 7) is 0.786. The van der Waals surface area contributed by atoms with Crippen LogP contribution in [0, 0.1) is 5.92 Å². The number of nitrogens with one attached hydrogen (secondary N) is 1. The Morgan fingerprint density at radius 2 is 1.84 bits per heavy atom. The zero-order valence-corrected chi connectivity index (χ0v) is 14.8. The lowest BCUT2D eigenvalue weighted by molar-refractivity contribution is -0.124. The summed E-state index contributed by atoms with van der Waals surface area (Å²) < 4.78 is 24.5. The molecule has 0 radical (unpaired) electrons. The van der Waals surface area contributed by atoms with E-state index in [1.54, 1.807) is 11.0 Å². The van der Waals surface area contributed by atoms with Crippen LogP contribution in [0.4, 0.5) is 0 Å². The molecule has 2 aromatic rings. The Morgan fingerprint density at radius 3 is 2.60 bits per heavy atom. The van der Waals surface area contributed by atoms with Crippen molar-refractivity contribution in [1.82, 2.24) is 9.62 Å². The van der Waals surface area contributed by atoms with Crippen LogP contribution in [-0.2, 0) is 14.8 Å². The Bertz CT molecular complexity index is 918. The SMILES string of the molecule is CS(=O)(=O)NC(=O)C1CCCN(C(=O)c2cccc3ccccc23)C1. The first kappa shape index (κ1) is 17.4. The van der Waals surface area contributed by atoms with Gasteiger partial charge in [0.1, 0.15) is 0 Å². The molecule has 2 aromatic carbocycles. The minimum atomic E-state index is -3.59. The van der Waals surface area contributed by atoms with Gasteiger partial charge in [-0.1, -0.05) is 36.4 Å². The average Bonchev–Trinajstić information content (AvgIpc) is 2.59. The van der Waals surface area contributed by atoms with Crippen LogP contribution in [-0.4, -0.2) is 44.5 Å². The van der Waals surface area contributed by atoms with Crippen LogP contribution in [0.1, 0.15) is 23.2 Å². The Kier molecular flexibility index (Phi) is 4.76. The van der Waals surface area contributed by atoms with Crippen LogP contribution in [0.2, 0.25) is 0 Å². The zero-order chi connectivity index (χ0) is 18.0. The second-order valence-corrected chi connectivity index (χ2v) is 8.10. The maximum absolute atomic E-state index is 12.9. The van der Waals surface area contributed by atoms with Crippen molar-refractivity contribution < 1.29 is 18.0 Å². The van der Waals surface area contributed by atoms with Crippen LogP contribution in [0.15, 0.2) is 42.5 Å². The van der Waals surface area contributed by atoms with Gasteiger partial charge in [-0.2, -0.15) is 0 Å². The van der Waals surface area contributed by atoms with Crippen molar-refractivity contribution in [1.29, 1.82) is 0 Å². The number of hydrogen-bond donors (Lipinski definition) is 1. The van der Waals surface area contributed by atoms with E-state index < -0.39 is 21.8 Å². The lowest BCUT2D eigenvalue weighted by Gasteiger charge is -2.32. The predicted octanol–water partition coefficient (Wildman–Crippen LogP) is 1.77. The maximum atomic E-state index is 12.9. The molecule has 0 bridgehead atoms. The molecule has 2 amide bonds. The van der Waals surface area contributed by atoms with Crippen LogP contribution in [0.5, 0.6) is 0 Å². The molecule has 0 saturated carbocycles. The lowest BCUT2D eigenvalue weighted by atomic mass is 9.96. The van der Waals surface area contributed by atoms with E-state index in [4.69, 9.17) is 0 Å². The van der Waals surface area contributed by atoms with E-state index in [9.17, 15) is 18.0 Å². The van der Waals surface area contributed by atoms with Gasteiger partial charge in [-0.05, 0) is 29.7 Å². The molecule has 25 heavy (non-hydrogen) atoms. The fourth-order valence-electron chi connectivity index (χ4n) is 3.22. The van der Waals surface area contributed by atoms with Gasteiger partial charge in [0.2, 0.25) is 15.9 Å². The van der Waals surface area contributed by atoms with E-state index in [0.29, 0.717) is 24.9 Å². The molecule has 6 nitrogen and oxygen atoms in total. The summed E-state index contributed by atoms with van der Waals surface area (Å²) in [7, 11) is -3.59. The van der Waals surface area contributed by atoms with E-state index in [2.05, 4.69) is 0 Å². The second-order valence-electron chi connectivity index (χ2n) is 6.36. The largest absolute Gasteiger partial charge is 0.338 e. The Balaban J connectivity index is 1.81. The highest BCUT2D eigenvalue weighted by molar-refractivity contribution is 7.89. The lowest BCUT2D eigenvalue weighted by Crippen LogP contribution is -2.46. The molecule has 1 fully saturated rings. The number of likely N-dealkylation sites (tertiary alicyclic amines) is 1. The molecule has 0 spiro atoms. The number of carbonyl (C=O) groups is 2. The van der Waals surface area contributed by atoms with Gasteiger partial charge >= 0.3 is 0 Å². The van der Waals surface area contributed by atoms with Crippen LogP contribution >= 0.6 is 0 Å². The summed E-state index contributed by atoms with van der Waals surface area (Å²) in [5.74, 6) is -1.19. The molecule has 1 aliphatic rings. The first-order valence-electron chi connectivity index (χ1n) is 8.14. The fourth-order valence-corrected chi connectivity index (χ4v) is 3.76. The summed E-state index contributed by atoms with van der Waals surface area (Å²) in [5, 5.41) is 1.86. The summed E-state index contributed by atoms with van der Waals surface area (Å²) in [5.41, 5.74) is 0.599. The number of fused-ring (bicyclic) bond motifs is 1. The van der Waals surface area contributed by atoms with E-state index in [0.717, 1.165) is 17.0 Å². The van der Waals surface area contributed by atoms with E-state index in [1.807, 2.05) is 41.1 Å². The molecule has 132 valence electrons. The molecule has 0 aliphatic carbocycles. The number of benzene rings is 2. The molecule has 1 aliphatic heterocycles. The van der Waals surface area contributed by atoms with Gasteiger partial charge in [0.15, 0.2) is 0 Å². The van der Waals surface area contributed by atoms with E-state index >= 15 is 0 Å². The van der Waals surface area contributed by atoms with Crippen molar-refractivity contribution >= 4 is 32.6 Å². The molecule has 1 heterocycles. The van der Waals surface area contributed by atoms with Gasteiger partial charge in [-0.3, -0.25) is 14.3 Å². The number of sulfonamides is 1. The second kappa shape index (κ2) is 6.84. The first-order chi connectivity index (χ1) is 11.8. The number of hydrogen-bond acceptors (Lipinski definition) is 4. The smallest absolute Gasteiger partial charge is 0.254 e. The van der Waals surface area contributed by atoms with Gasteiger partial charge in [0.05, 0.1) is 12.2 Å². The van der Waals surface area contributed by atoms with Crippen molar-refractivity contribution in [2.45, 2.75) is 12.8 Å². The van der Waals surface area contributed by atoms with Gasteiger partial charge in [0, 0.05) is 18.7 Å². The van der Waals surface area contributed by atoms with Crippen molar-refractivity contribution in [2.75, 3.05) is 19.3 Å². The zero-order valence-electron chi connectivity index (χ0n) is 13.9. The van der Waals surface area contributed by atoms with Gasteiger partial charge in [0.25, 0.3) is 5.91 Å². The summed E-state index contributed by atoms with van der Waals surface area (Å²) in [4.78, 5) is 26.7. The predicted molar refractivity (Wildman–Crippen MR) is 95.6 cm³/mol. The Hall–Kier alpha value is -2.41. The minimum absolute atomic E-state index is 0.131. The molecule has 1 N–H and O–H groups in total. The van der Waals surface area contributed by atoms with Crippen molar-refractivity contribution in [3.05, 3.63) is 48.0 Å². The summed E-state index contributed by atoms with van der Waals surface area (Å²) >= 11 is 0. The third-order valence-corrected chi connectivity index (χ3v) is 4.96. The molecule has 1 atom stereocenters. The molecular weight excluding hydrogens is 340 g/mol. The first-order valence-corrected chi connectivity index (χ1v) is 10.0. The van der Waals surface area contributed by atoms with E-state index in [-0.39, 0.29) is 12.5 Å². The van der Waals surface area contributed by atoms with Crippen molar-refractivity contribution in [2.24, 2.45) is 5.92 Å². The summed E-state index contributed by atoms with van der Waals surface area (Å²) in [6, 6.07) is 13.2. The molecular formula is C18H20N2O4S. The van der Waals surface area contributed by atoms with Crippen LogP contribution < -0.4 is 4.72 Å². The van der Waals surface area contributed by atoms with Gasteiger partial charge in [-0.25, -0.2) is 8.42 Å². The van der Waals surface area contributed by atoms with Crippen molar-refractivity contribution in [3.8, 4) is 0 Å². The monoisotopic (exact) mass is 360 g/mol. The van der Waals surface area contributed by atoms with Crippen molar-refractivity contribution in [3.63, 3.8) is 0 Å². The average molecular weight is 360 g/mol. The normalized spacial score (nSPS) is 18.1. The van der Waals surface area contributed by atoms with Crippen LogP contribution in [0.25, 0.3) is 10.8 Å². The highest BCUT2D eigenvalue weighted by Crippen LogP contribution is 2.23. The molecule has 3 rings (SSSR count). The quantitative estimate of drug-likeness (QED) is 0.904. The third kappa shape index (κ3) is 3.99.